The zero-order valence-corrected chi connectivity index (χ0v) is 21.4. The highest BCUT2D eigenvalue weighted by Crippen LogP contribution is 2.38. The average Bonchev–Trinajstić information content (AvgIpc) is 3.55. The summed E-state index contributed by atoms with van der Waals surface area (Å²) < 4.78 is 3.55. The molecule has 2 aliphatic carbocycles. The van der Waals surface area contributed by atoms with Crippen LogP contribution < -0.4 is 5.32 Å². The molecule has 8 nitrogen and oxygen atoms in total. The Morgan fingerprint density at radius 1 is 1.14 bits per heavy atom. The number of anilines is 1. The number of thiazole rings is 1. The first-order valence-electron chi connectivity index (χ1n) is 12.7. The minimum absolute atomic E-state index is 0.372. The molecule has 0 spiro atoms. The summed E-state index contributed by atoms with van der Waals surface area (Å²) in [7, 11) is 1.80. The topological polar surface area (TPSA) is 86.3 Å². The molecular formula is C26H32N8S. The van der Waals surface area contributed by atoms with E-state index in [2.05, 4.69) is 63.4 Å². The number of benzene rings is 1. The molecule has 0 radical (unpaired) electrons. The zero-order valence-electron chi connectivity index (χ0n) is 20.6. The molecule has 3 aromatic heterocycles. The monoisotopic (exact) mass is 488 g/mol. The lowest BCUT2D eigenvalue weighted by Gasteiger charge is -2.22. The molecular weight excluding hydrogens is 456 g/mol. The van der Waals surface area contributed by atoms with Gasteiger partial charge in [0.15, 0.2) is 5.13 Å². The first kappa shape index (κ1) is 22.4. The lowest BCUT2D eigenvalue weighted by molar-refractivity contribution is 0.462. The number of tetrazole rings is 1. The molecule has 182 valence electrons. The van der Waals surface area contributed by atoms with E-state index in [1.807, 2.05) is 6.33 Å². The predicted octanol–water partition coefficient (Wildman–Crippen LogP) is 5.49. The van der Waals surface area contributed by atoms with Crippen LogP contribution in [0.4, 0.5) is 5.13 Å². The Morgan fingerprint density at radius 2 is 2.00 bits per heavy atom. The Morgan fingerprint density at radius 3 is 2.80 bits per heavy atom. The highest BCUT2D eigenvalue weighted by Gasteiger charge is 2.28. The molecule has 1 N–H and O–H groups in total. The fourth-order valence-electron chi connectivity index (χ4n) is 5.47. The van der Waals surface area contributed by atoms with E-state index >= 15 is 0 Å². The Balaban J connectivity index is 1.26. The van der Waals surface area contributed by atoms with Crippen molar-refractivity contribution in [1.82, 2.24) is 34.7 Å². The summed E-state index contributed by atoms with van der Waals surface area (Å²) in [5.41, 5.74) is 5.75. The first-order valence-corrected chi connectivity index (χ1v) is 13.5. The Hall–Kier alpha value is -3.07. The van der Waals surface area contributed by atoms with Crippen LogP contribution in [0.15, 0.2) is 24.5 Å². The molecule has 0 aliphatic heterocycles. The third-order valence-corrected chi connectivity index (χ3v) is 8.53. The van der Waals surface area contributed by atoms with Crippen LogP contribution in [0, 0.1) is 5.92 Å². The maximum absolute atomic E-state index is 4.85. The highest BCUT2D eigenvalue weighted by molar-refractivity contribution is 7.22. The average molecular weight is 489 g/mol. The summed E-state index contributed by atoms with van der Waals surface area (Å²) in [6, 6.07) is 7.23. The molecule has 9 heteroatoms. The number of rotatable bonds is 5. The van der Waals surface area contributed by atoms with Crippen molar-refractivity contribution < 1.29 is 0 Å². The van der Waals surface area contributed by atoms with E-state index in [-0.39, 0.29) is 0 Å². The van der Waals surface area contributed by atoms with Crippen LogP contribution in [0.5, 0.6) is 0 Å². The first-order chi connectivity index (χ1) is 17.0. The van der Waals surface area contributed by atoms with Gasteiger partial charge in [-0.3, -0.25) is 0 Å². The summed E-state index contributed by atoms with van der Waals surface area (Å²) in [5, 5.41) is 17.4. The number of hydrogen-bond acceptors (Lipinski definition) is 7. The highest BCUT2D eigenvalue weighted by atomic mass is 32.1. The fourth-order valence-corrected chi connectivity index (χ4v) is 6.48. The number of fused-ring (bicyclic) bond motifs is 2. The normalized spacial score (nSPS) is 21.1. The van der Waals surface area contributed by atoms with E-state index in [0.717, 1.165) is 34.9 Å². The SMILES string of the molecule is CC1CC(c2nnn(C)n2)=Cc2ncn(Cc3ccc4nc(NC5CCCCC5)sc4c3)c2C1C. The van der Waals surface area contributed by atoms with Crippen molar-refractivity contribution >= 4 is 38.3 Å². The van der Waals surface area contributed by atoms with Crippen molar-refractivity contribution in [3.8, 4) is 0 Å². The molecule has 1 fully saturated rings. The maximum Gasteiger partial charge on any atom is 0.200 e. The van der Waals surface area contributed by atoms with Gasteiger partial charge < -0.3 is 9.88 Å². The quantitative estimate of drug-likeness (QED) is 0.400. The van der Waals surface area contributed by atoms with Crippen molar-refractivity contribution in [2.24, 2.45) is 13.0 Å². The van der Waals surface area contributed by atoms with Gasteiger partial charge in [-0.2, -0.15) is 4.80 Å². The lowest BCUT2D eigenvalue weighted by atomic mass is 9.89. The van der Waals surface area contributed by atoms with Crippen LogP contribution >= 0.6 is 11.3 Å². The van der Waals surface area contributed by atoms with Crippen LogP contribution in [0.25, 0.3) is 21.9 Å². The number of hydrogen-bond donors (Lipinski definition) is 1. The molecule has 4 aromatic rings. The summed E-state index contributed by atoms with van der Waals surface area (Å²) in [6.45, 7) is 5.40. The fraction of sp³-hybridized carbons (Fsp3) is 0.500. The van der Waals surface area contributed by atoms with Gasteiger partial charge in [-0.05, 0) is 54.2 Å². The van der Waals surface area contributed by atoms with E-state index < -0.39 is 0 Å². The maximum atomic E-state index is 4.85. The molecule has 0 amide bonds. The van der Waals surface area contributed by atoms with Gasteiger partial charge in [0.1, 0.15) is 0 Å². The van der Waals surface area contributed by atoms with Gasteiger partial charge in [-0.25, -0.2) is 9.97 Å². The van der Waals surface area contributed by atoms with Crippen LogP contribution in [0.2, 0.25) is 0 Å². The second-order valence-corrected chi connectivity index (χ2v) is 11.2. The molecule has 1 saturated carbocycles. The molecule has 1 aromatic carbocycles. The van der Waals surface area contributed by atoms with Gasteiger partial charge in [0, 0.05) is 29.8 Å². The standard InChI is InChI=1S/C26H32N8S/c1-16-11-19(25-30-32-33(3)31-25)13-22-24(17(16)2)34(15-27-22)14-18-9-10-21-23(12-18)35-26(29-21)28-20-7-5-4-6-8-20/h9-10,12-13,15-17,20H,4-8,11,14H2,1-3H3,(H,28,29). The third-order valence-electron chi connectivity index (χ3n) is 7.58. The van der Waals surface area contributed by atoms with E-state index in [1.165, 1.54) is 52.9 Å². The van der Waals surface area contributed by atoms with Gasteiger partial charge in [-0.15, -0.1) is 10.2 Å². The number of allylic oxidation sites excluding steroid dienone is 1. The Labute approximate surface area is 209 Å². The van der Waals surface area contributed by atoms with Crippen molar-refractivity contribution in [1.29, 1.82) is 0 Å². The number of aryl methyl sites for hydroxylation is 1. The lowest BCUT2D eigenvalue weighted by Crippen LogP contribution is -2.21. The van der Waals surface area contributed by atoms with Crippen LogP contribution in [0.3, 0.4) is 0 Å². The molecule has 0 bridgehead atoms. The molecule has 35 heavy (non-hydrogen) atoms. The summed E-state index contributed by atoms with van der Waals surface area (Å²) in [5.74, 6) is 1.51. The number of nitrogens with zero attached hydrogens (tertiary/aromatic N) is 7. The van der Waals surface area contributed by atoms with Crippen LogP contribution in [-0.4, -0.2) is 40.8 Å². The molecule has 2 aliphatic rings. The van der Waals surface area contributed by atoms with E-state index in [4.69, 9.17) is 9.97 Å². The van der Waals surface area contributed by atoms with Crippen molar-refractivity contribution in [3.63, 3.8) is 0 Å². The van der Waals surface area contributed by atoms with E-state index in [0.29, 0.717) is 23.7 Å². The summed E-state index contributed by atoms with van der Waals surface area (Å²) in [6.07, 6.45) is 11.6. The van der Waals surface area contributed by atoms with Gasteiger partial charge >= 0.3 is 0 Å². The minimum Gasteiger partial charge on any atom is -0.359 e. The van der Waals surface area contributed by atoms with Gasteiger partial charge in [0.2, 0.25) is 5.82 Å². The van der Waals surface area contributed by atoms with Crippen molar-refractivity contribution in [2.75, 3.05) is 5.32 Å². The second-order valence-electron chi connectivity index (χ2n) is 10.2. The number of aromatic nitrogens is 7. The number of nitrogens with one attached hydrogen (secondary N) is 1. The van der Waals surface area contributed by atoms with Crippen molar-refractivity contribution in [3.05, 3.63) is 47.3 Å². The van der Waals surface area contributed by atoms with Crippen LogP contribution in [0.1, 0.15) is 81.1 Å². The zero-order chi connectivity index (χ0) is 23.9. The molecule has 3 heterocycles. The third kappa shape index (κ3) is 4.49. The number of imidazole rings is 1. The van der Waals surface area contributed by atoms with Crippen LogP contribution in [-0.2, 0) is 13.6 Å². The Bertz CT molecular complexity index is 1370. The molecule has 2 unspecified atom stereocenters. The van der Waals surface area contributed by atoms with E-state index in [9.17, 15) is 0 Å². The van der Waals surface area contributed by atoms with Crippen molar-refractivity contribution in [2.45, 2.75) is 70.9 Å². The molecule has 2 atom stereocenters. The second kappa shape index (κ2) is 9.18. The Kier molecular flexibility index (Phi) is 5.88. The molecule has 0 saturated heterocycles. The minimum atomic E-state index is 0.372. The molecule has 6 rings (SSSR count). The largest absolute Gasteiger partial charge is 0.359 e. The van der Waals surface area contributed by atoms with Gasteiger partial charge in [0.05, 0.1) is 29.3 Å². The van der Waals surface area contributed by atoms with E-state index in [1.54, 1.807) is 18.4 Å². The van der Waals surface area contributed by atoms with Gasteiger partial charge in [0.25, 0.3) is 0 Å². The van der Waals surface area contributed by atoms with Gasteiger partial charge in [-0.1, -0.05) is 50.5 Å². The smallest absolute Gasteiger partial charge is 0.200 e. The predicted molar refractivity (Wildman–Crippen MR) is 140 cm³/mol. The summed E-state index contributed by atoms with van der Waals surface area (Å²) >= 11 is 1.77. The summed E-state index contributed by atoms with van der Waals surface area (Å²) in [4.78, 5) is 11.2.